The maximum atomic E-state index is 12.2. The first-order valence-corrected chi connectivity index (χ1v) is 9.11. The fourth-order valence-electron chi connectivity index (χ4n) is 3.69. The third-order valence-corrected chi connectivity index (χ3v) is 4.83. The van der Waals surface area contributed by atoms with Gasteiger partial charge in [-0.05, 0) is 53.4 Å². The van der Waals surface area contributed by atoms with Gasteiger partial charge in [0.15, 0.2) is 0 Å². The van der Waals surface area contributed by atoms with Crippen molar-refractivity contribution in [1.29, 1.82) is 0 Å². The van der Waals surface area contributed by atoms with Crippen LogP contribution < -0.4 is 5.32 Å². The normalized spacial score (nSPS) is 28.3. The Morgan fingerprint density at radius 3 is 2.23 bits per heavy atom. The summed E-state index contributed by atoms with van der Waals surface area (Å²) in [5.41, 5.74) is -0.410. The van der Waals surface area contributed by atoms with Crippen LogP contribution in [0.4, 0.5) is 4.79 Å². The number of carbonyl (C=O) groups excluding carboxylic acids is 1. The minimum atomic E-state index is -0.410. The zero-order valence-electron chi connectivity index (χ0n) is 14.9. The molecule has 0 aromatic heterocycles. The van der Waals surface area contributed by atoms with Crippen LogP contribution in [0.1, 0.15) is 79.1 Å². The third-order valence-electron chi connectivity index (χ3n) is 4.83. The number of hydrogen-bond donors (Lipinski definition) is 1. The van der Waals surface area contributed by atoms with Gasteiger partial charge in [0.05, 0.1) is 0 Å². The van der Waals surface area contributed by atoms with Gasteiger partial charge >= 0.3 is 6.09 Å². The average Bonchev–Trinajstić information content (AvgIpc) is 2.65. The van der Waals surface area contributed by atoms with Crippen LogP contribution >= 0.6 is 0 Å². The van der Waals surface area contributed by atoms with E-state index >= 15 is 0 Å². The lowest BCUT2D eigenvalue weighted by Crippen LogP contribution is -2.52. The number of piperidine rings is 1. The minimum absolute atomic E-state index is 0.159. The van der Waals surface area contributed by atoms with Gasteiger partial charge in [-0.1, -0.05) is 25.7 Å². The number of carbonyl (C=O) groups is 1. The molecule has 4 nitrogen and oxygen atoms in total. The molecule has 2 rings (SSSR count). The lowest BCUT2D eigenvalue weighted by molar-refractivity contribution is 0.00892. The van der Waals surface area contributed by atoms with E-state index in [1.165, 1.54) is 38.5 Å². The summed E-state index contributed by atoms with van der Waals surface area (Å²) in [6.07, 6.45) is 10.1. The number of likely N-dealkylation sites (tertiary alicyclic amines) is 1. The largest absolute Gasteiger partial charge is 0.444 e. The first kappa shape index (κ1) is 17.6. The number of rotatable bonds is 2. The van der Waals surface area contributed by atoms with Crippen LogP contribution in [0, 0.1) is 0 Å². The van der Waals surface area contributed by atoms with Crippen LogP contribution in [0.3, 0.4) is 0 Å². The van der Waals surface area contributed by atoms with Gasteiger partial charge in [0, 0.05) is 24.7 Å². The molecule has 0 radical (unpaired) electrons. The molecule has 1 aliphatic heterocycles. The maximum absolute atomic E-state index is 12.2. The summed E-state index contributed by atoms with van der Waals surface area (Å²) in [7, 11) is 0. The van der Waals surface area contributed by atoms with Gasteiger partial charge in [0.2, 0.25) is 0 Å². The molecule has 0 bridgehead atoms. The molecular formula is C18H34N2O2. The fourth-order valence-corrected chi connectivity index (χ4v) is 3.69. The monoisotopic (exact) mass is 310 g/mol. The summed E-state index contributed by atoms with van der Waals surface area (Å²) < 4.78 is 5.52. The molecule has 1 saturated carbocycles. The SMILES string of the molecule is CC1CC(NC2CCCCCC2)CCN1C(=O)OC(C)(C)C. The van der Waals surface area contributed by atoms with E-state index < -0.39 is 5.60 Å². The van der Waals surface area contributed by atoms with Crippen LogP contribution in [0.5, 0.6) is 0 Å². The highest BCUT2D eigenvalue weighted by Crippen LogP contribution is 2.23. The van der Waals surface area contributed by atoms with Crippen molar-refractivity contribution < 1.29 is 9.53 Å². The second kappa shape index (κ2) is 7.67. The number of amides is 1. The standard InChI is InChI=1S/C18H34N2O2/c1-14-13-16(19-15-9-7-5-6-8-10-15)11-12-20(14)17(21)22-18(2,3)4/h14-16,19H,5-13H2,1-4H3. The predicted octanol–water partition coefficient (Wildman–Crippen LogP) is 4.09. The Bertz CT molecular complexity index is 357. The molecule has 1 saturated heterocycles. The molecule has 1 amide bonds. The Hall–Kier alpha value is -0.770. The van der Waals surface area contributed by atoms with Crippen LogP contribution in [-0.4, -0.2) is 41.3 Å². The smallest absolute Gasteiger partial charge is 0.410 e. The quantitative estimate of drug-likeness (QED) is 0.781. The molecule has 2 unspecified atom stereocenters. The summed E-state index contributed by atoms with van der Waals surface area (Å²) >= 11 is 0. The third kappa shape index (κ3) is 5.45. The highest BCUT2D eigenvalue weighted by atomic mass is 16.6. The van der Waals surface area contributed by atoms with E-state index in [4.69, 9.17) is 4.74 Å². The van der Waals surface area contributed by atoms with Crippen molar-refractivity contribution in [2.45, 2.75) is 103 Å². The Labute approximate surface area is 136 Å². The van der Waals surface area contributed by atoms with Crippen LogP contribution in [0.2, 0.25) is 0 Å². The van der Waals surface area contributed by atoms with Gasteiger partial charge in [-0.25, -0.2) is 4.79 Å². The van der Waals surface area contributed by atoms with E-state index in [-0.39, 0.29) is 12.1 Å². The minimum Gasteiger partial charge on any atom is -0.444 e. The molecule has 128 valence electrons. The summed E-state index contributed by atoms with van der Waals surface area (Å²) in [5, 5.41) is 3.86. The molecular weight excluding hydrogens is 276 g/mol. The van der Waals surface area contributed by atoms with Crippen molar-refractivity contribution in [2.24, 2.45) is 0 Å². The second-order valence-electron chi connectivity index (χ2n) is 8.10. The zero-order chi connectivity index (χ0) is 16.2. The molecule has 0 spiro atoms. The predicted molar refractivity (Wildman–Crippen MR) is 90.0 cm³/mol. The lowest BCUT2D eigenvalue weighted by Gasteiger charge is -2.39. The van der Waals surface area contributed by atoms with Crippen LogP contribution in [0.25, 0.3) is 0 Å². The number of nitrogens with one attached hydrogen (secondary N) is 1. The number of nitrogens with zero attached hydrogens (tertiary/aromatic N) is 1. The number of ether oxygens (including phenoxy) is 1. The molecule has 0 aromatic rings. The molecule has 2 fully saturated rings. The molecule has 2 atom stereocenters. The zero-order valence-corrected chi connectivity index (χ0v) is 14.9. The lowest BCUT2D eigenvalue weighted by atomic mass is 9.96. The Morgan fingerprint density at radius 2 is 1.68 bits per heavy atom. The summed E-state index contributed by atoms with van der Waals surface area (Å²) in [4.78, 5) is 14.1. The fraction of sp³-hybridized carbons (Fsp3) is 0.944. The molecule has 2 aliphatic rings. The summed E-state index contributed by atoms with van der Waals surface area (Å²) in [6, 6.07) is 1.50. The van der Waals surface area contributed by atoms with Crippen molar-refractivity contribution in [3.8, 4) is 0 Å². The molecule has 22 heavy (non-hydrogen) atoms. The van der Waals surface area contributed by atoms with E-state index in [0.717, 1.165) is 19.4 Å². The van der Waals surface area contributed by atoms with Crippen molar-refractivity contribution in [2.75, 3.05) is 6.54 Å². The highest BCUT2D eigenvalue weighted by Gasteiger charge is 2.32. The molecule has 0 aromatic carbocycles. The molecule has 1 heterocycles. The van der Waals surface area contributed by atoms with E-state index in [0.29, 0.717) is 12.1 Å². The maximum Gasteiger partial charge on any atom is 0.410 e. The van der Waals surface area contributed by atoms with Crippen molar-refractivity contribution >= 4 is 6.09 Å². The van der Waals surface area contributed by atoms with Gasteiger partial charge in [-0.15, -0.1) is 0 Å². The molecule has 4 heteroatoms. The van der Waals surface area contributed by atoms with Crippen LogP contribution in [0.15, 0.2) is 0 Å². The summed E-state index contributed by atoms with van der Waals surface area (Å²) in [5.74, 6) is 0. The van der Waals surface area contributed by atoms with Gasteiger partial charge in [0.25, 0.3) is 0 Å². The van der Waals surface area contributed by atoms with E-state index in [2.05, 4.69) is 12.2 Å². The van der Waals surface area contributed by atoms with Gasteiger partial charge in [0.1, 0.15) is 5.60 Å². The van der Waals surface area contributed by atoms with E-state index in [1.807, 2.05) is 25.7 Å². The van der Waals surface area contributed by atoms with Crippen molar-refractivity contribution in [1.82, 2.24) is 10.2 Å². The summed E-state index contributed by atoms with van der Waals surface area (Å²) in [6.45, 7) is 8.73. The first-order valence-electron chi connectivity index (χ1n) is 9.11. The van der Waals surface area contributed by atoms with Crippen molar-refractivity contribution in [3.05, 3.63) is 0 Å². The van der Waals surface area contributed by atoms with Gasteiger partial charge in [-0.2, -0.15) is 0 Å². The Balaban J connectivity index is 1.80. The topological polar surface area (TPSA) is 41.6 Å². The molecule has 1 aliphatic carbocycles. The van der Waals surface area contributed by atoms with Gasteiger partial charge < -0.3 is 15.0 Å². The number of hydrogen-bond acceptors (Lipinski definition) is 3. The van der Waals surface area contributed by atoms with Crippen molar-refractivity contribution in [3.63, 3.8) is 0 Å². The first-order chi connectivity index (χ1) is 10.3. The average molecular weight is 310 g/mol. The van der Waals surface area contributed by atoms with Crippen LogP contribution in [-0.2, 0) is 4.74 Å². The van der Waals surface area contributed by atoms with Gasteiger partial charge in [-0.3, -0.25) is 0 Å². The molecule has 1 N–H and O–H groups in total. The Morgan fingerprint density at radius 1 is 1.05 bits per heavy atom. The van der Waals surface area contributed by atoms with E-state index in [9.17, 15) is 4.79 Å². The Kier molecular flexibility index (Phi) is 6.13. The van der Waals surface area contributed by atoms with E-state index in [1.54, 1.807) is 0 Å². The second-order valence-corrected chi connectivity index (χ2v) is 8.10. The highest BCUT2D eigenvalue weighted by molar-refractivity contribution is 5.68.